The molecule has 0 amide bonds. The van der Waals surface area contributed by atoms with Crippen molar-refractivity contribution in [1.29, 1.82) is 0 Å². The molecule has 6 nitrogen and oxygen atoms in total. The number of Topliss-reactive ketones (excluding diaryl/α,β-unsaturated/α-hetero) is 1. The number of carbonyl (C=O) groups excluding carboxylic acids is 2. The Morgan fingerprint density at radius 3 is 2.29 bits per heavy atom. The fourth-order valence-corrected chi connectivity index (χ4v) is 2.79. The first-order valence-corrected chi connectivity index (χ1v) is 8.19. The minimum atomic E-state index is -4.32. The van der Waals surface area contributed by atoms with E-state index in [1.165, 1.54) is 6.92 Å². The molecule has 1 aromatic rings. The number of hydrogen-bond donors (Lipinski definition) is 0. The molecule has 21 heavy (non-hydrogen) atoms. The molecule has 0 radical (unpaired) electrons. The number of carbonyl (C=O) groups is 2. The van der Waals surface area contributed by atoms with E-state index in [9.17, 15) is 22.6 Å². The van der Waals surface area contributed by atoms with Crippen LogP contribution in [-0.4, -0.2) is 35.6 Å². The van der Waals surface area contributed by atoms with Crippen molar-refractivity contribution in [1.82, 2.24) is 0 Å². The zero-order valence-electron chi connectivity index (χ0n) is 10.7. The Balaban J connectivity index is 0.00000400. The molecule has 0 aliphatic heterocycles. The van der Waals surface area contributed by atoms with Crippen LogP contribution in [0.25, 0.3) is 0 Å². The molecule has 1 rings (SSSR count). The van der Waals surface area contributed by atoms with Crippen LogP contribution in [-0.2, 0) is 21.3 Å². The Kier molecular flexibility index (Phi) is 8.23. The predicted molar refractivity (Wildman–Crippen MR) is 80.6 cm³/mol. The molecule has 118 valence electrons. The lowest BCUT2D eigenvalue weighted by Crippen LogP contribution is -2.09. The van der Waals surface area contributed by atoms with Gasteiger partial charge in [0.15, 0.2) is 0 Å². The van der Waals surface area contributed by atoms with Crippen LogP contribution < -0.4 is 4.74 Å². The van der Waals surface area contributed by atoms with E-state index < -0.39 is 21.2 Å². The monoisotopic (exact) mass is 333 g/mol. The second-order valence-electron chi connectivity index (χ2n) is 3.99. The molecule has 0 bridgehead atoms. The smallest absolute Gasteiger partial charge is 0.372 e. The fourth-order valence-electron chi connectivity index (χ4n) is 1.32. The average molecular weight is 333 g/mol. The lowest BCUT2D eigenvalue weighted by molar-refractivity contribution is -0.116. The molecule has 0 aliphatic carbocycles. The maximum absolute atomic E-state index is 11.4. The molecule has 0 saturated heterocycles. The standard InChI is InChI=1S/C12H14O6S2.CH4/c1-9(13)8-10-2-4-11(5-3-10)18-12(14)19-6-7-20(15,16)17;/h2-5H,6-8H2,1H3,(H,15,16,17);1H4/p-1. The topological polar surface area (TPSA) is 101 Å². The lowest BCUT2D eigenvalue weighted by Gasteiger charge is -2.06. The van der Waals surface area contributed by atoms with E-state index >= 15 is 0 Å². The van der Waals surface area contributed by atoms with Crippen LogP contribution in [0.2, 0.25) is 0 Å². The van der Waals surface area contributed by atoms with Crippen molar-refractivity contribution in [3.8, 4) is 5.75 Å². The highest BCUT2D eigenvalue weighted by Crippen LogP contribution is 2.16. The van der Waals surface area contributed by atoms with Crippen LogP contribution in [0, 0.1) is 0 Å². The van der Waals surface area contributed by atoms with Crippen LogP contribution in [0.1, 0.15) is 19.9 Å². The number of thioether (sulfide) groups is 1. The van der Waals surface area contributed by atoms with E-state index in [1.807, 2.05) is 0 Å². The summed E-state index contributed by atoms with van der Waals surface area (Å²) in [6.07, 6.45) is 0.310. The first kappa shape index (κ1) is 19.6. The third kappa shape index (κ3) is 9.22. The van der Waals surface area contributed by atoms with E-state index in [0.717, 1.165) is 5.56 Å². The number of rotatable bonds is 6. The largest absolute Gasteiger partial charge is 0.748 e. The van der Waals surface area contributed by atoms with Crippen molar-refractivity contribution >= 4 is 33.0 Å². The Morgan fingerprint density at radius 1 is 1.24 bits per heavy atom. The van der Waals surface area contributed by atoms with Gasteiger partial charge in [0.2, 0.25) is 0 Å². The summed E-state index contributed by atoms with van der Waals surface area (Å²) in [5.41, 5.74) is 0.808. The average Bonchev–Trinajstić information content (AvgIpc) is 2.29. The first-order chi connectivity index (χ1) is 9.26. The minimum Gasteiger partial charge on any atom is -0.748 e. The van der Waals surface area contributed by atoms with Crippen LogP contribution >= 0.6 is 11.8 Å². The van der Waals surface area contributed by atoms with Crippen LogP contribution in [0.4, 0.5) is 4.79 Å². The molecule has 1 aromatic carbocycles. The maximum atomic E-state index is 11.4. The number of ketones is 1. The van der Waals surface area contributed by atoms with Gasteiger partial charge in [-0.2, -0.15) is 0 Å². The van der Waals surface area contributed by atoms with E-state index in [1.54, 1.807) is 24.3 Å². The van der Waals surface area contributed by atoms with Gasteiger partial charge < -0.3 is 9.29 Å². The molecule has 0 unspecified atom stereocenters. The van der Waals surface area contributed by atoms with Gasteiger partial charge in [0.25, 0.3) is 0 Å². The molecule has 0 heterocycles. The molecule has 0 saturated carbocycles. The molecule has 0 atom stereocenters. The summed E-state index contributed by atoms with van der Waals surface area (Å²) >= 11 is 0.619. The van der Waals surface area contributed by atoms with Gasteiger partial charge in [-0.1, -0.05) is 19.6 Å². The first-order valence-electron chi connectivity index (χ1n) is 5.63. The molecule has 0 fully saturated rings. The van der Waals surface area contributed by atoms with E-state index in [4.69, 9.17) is 4.74 Å². The van der Waals surface area contributed by atoms with Gasteiger partial charge in [-0.15, -0.1) is 0 Å². The highest BCUT2D eigenvalue weighted by atomic mass is 32.2. The van der Waals surface area contributed by atoms with Gasteiger partial charge in [-0.3, -0.25) is 4.79 Å². The SMILES string of the molecule is C.CC(=O)Cc1ccc(OC(=O)SCCS(=O)(=O)[O-])cc1. The number of hydrogen-bond acceptors (Lipinski definition) is 7. The summed E-state index contributed by atoms with van der Waals surface area (Å²) in [6, 6.07) is 6.41. The second kappa shape index (κ2) is 8.81. The van der Waals surface area contributed by atoms with Gasteiger partial charge in [-0.05, 0) is 36.4 Å². The van der Waals surface area contributed by atoms with Crippen molar-refractivity contribution in [2.45, 2.75) is 20.8 Å². The van der Waals surface area contributed by atoms with Crippen molar-refractivity contribution in [2.24, 2.45) is 0 Å². The Labute approximate surface area is 128 Å². The van der Waals surface area contributed by atoms with Gasteiger partial charge >= 0.3 is 5.30 Å². The van der Waals surface area contributed by atoms with Crippen LogP contribution in [0.15, 0.2) is 24.3 Å². The second-order valence-corrected chi connectivity index (χ2v) is 6.54. The zero-order chi connectivity index (χ0) is 15.2. The molecular weight excluding hydrogens is 316 g/mol. The van der Waals surface area contributed by atoms with Crippen molar-refractivity contribution in [3.63, 3.8) is 0 Å². The Hall–Kier alpha value is -1.38. The summed E-state index contributed by atoms with van der Waals surface area (Å²) in [7, 11) is -4.32. The third-order valence-corrected chi connectivity index (χ3v) is 3.82. The van der Waals surface area contributed by atoms with E-state index in [2.05, 4.69) is 0 Å². The molecule has 0 aliphatic rings. The molecule has 0 spiro atoms. The maximum Gasteiger partial charge on any atom is 0.372 e. The highest BCUT2D eigenvalue weighted by molar-refractivity contribution is 8.13. The molecule has 0 aromatic heterocycles. The summed E-state index contributed by atoms with van der Waals surface area (Å²) in [6.45, 7) is 1.48. The van der Waals surface area contributed by atoms with Gasteiger partial charge in [0, 0.05) is 17.9 Å². The zero-order valence-corrected chi connectivity index (χ0v) is 12.3. The summed E-state index contributed by atoms with van der Waals surface area (Å²) in [5, 5.41) is -0.687. The van der Waals surface area contributed by atoms with Gasteiger partial charge in [-0.25, -0.2) is 13.2 Å². The lowest BCUT2D eigenvalue weighted by atomic mass is 10.1. The number of benzene rings is 1. The van der Waals surface area contributed by atoms with Crippen molar-refractivity contribution < 1.29 is 27.3 Å². The third-order valence-electron chi connectivity index (χ3n) is 2.13. The quantitative estimate of drug-likeness (QED) is 0.581. The predicted octanol–water partition coefficient (Wildman–Crippen LogP) is 2.23. The van der Waals surface area contributed by atoms with Gasteiger partial charge in [0.05, 0.1) is 10.1 Å². The molecule has 8 heteroatoms. The number of ether oxygens (including phenoxy) is 1. The normalized spacial score (nSPS) is 10.6. The Morgan fingerprint density at radius 2 is 1.81 bits per heavy atom. The van der Waals surface area contributed by atoms with Crippen LogP contribution in [0.5, 0.6) is 5.75 Å². The van der Waals surface area contributed by atoms with Crippen molar-refractivity contribution in [3.05, 3.63) is 29.8 Å². The van der Waals surface area contributed by atoms with Gasteiger partial charge in [0.1, 0.15) is 11.5 Å². The van der Waals surface area contributed by atoms with E-state index in [-0.39, 0.29) is 19.0 Å². The minimum absolute atomic E-state index is 0. The molecular formula is C13H17O6S2-. The molecule has 0 N–H and O–H groups in total. The fraction of sp³-hybridized carbons (Fsp3) is 0.385. The van der Waals surface area contributed by atoms with Crippen molar-refractivity contribution in [2.75, 3.05) is 11.5 Å². The van der Waals surface area contributed by atoms with E-state index in [0.29, 0.717) is 23.9 Å². The highest BCUT2D eigenvalue weighted by Gasteiger charge is 2.07. The summed E-state index contributed by atoms with van der Waals surface area (Å²) in [4.78, 5) is 22.3. The Bertz CT molecular complexity index is 577. The van der Waals surface area contributed by atoms with Crippen LogP contribution in [0.3, 0.4) is 0 Å². The summed E-state index contributed by atoms with van der Waals surface area (Å²) < 4.78 is 36.0. The summed E-state index contributed by atoms with van der Waals surface area (Å²) in [5.74, 6) is -0.443.